The van der Waals surface area contributed by atoms with Crippen molar-refractivity contribution in [2.45, 2.75) is 38.5 Å². The minimum absolute atomic E-state index is 0.0158. The van der Waals surface area contributed by atoms with Gasteiger partial charge in [-0.1, -0.05) is 61.9 Å². The fraction of sp³-hybridized carbons (Fsp3) is 0.240. The Morgan fingerprint density at radius 2 is 1.62 bits per heavy atom. The smallest absolute Gasteiger partial charge is 0.264 e. The van der Waals surface area contributed by atoms with E-state index >= 15 is 0 Å². The molecule has 3 aromatic carbocycles. The molecular weight excluding hydrogens is 427 g/mol. The Labute approximate surface area is 188 Å². The van der Waals surface area contributed by atoms with Gasteiger partial charge in [0.25, 0.3) is 10.0 Å². The highest BCUT2D eigenvalue weighted by Crippen LogP contribution is 2.29. The molecule has 0 aromatic heterocycles. The number of hydrogen-bond donors (Lipinski definition) is 1. The number of carbonyl (C=O) groups excluding carboxylic acids is 1. The van der Waals surface area contributed by atoms with E-state index in [9.17, 15) is 17.6 Å². The molecule has 3 rings (SSSR count). The Hall–Kier alpha value is -3.19. The molecule has 5 nitrogen and oxygen atoms in total. The molecule has 0 saturated heterocycles. The molecule has 168 valence electrons. The Balaban J connectivity index is 2.00. The summed E-state index contributed by atoms with van der Waals surface area (Å²) in [6, 6.07) is 17.5. The quantitative estimate of drug-likeness (QED) is 0.520. The third kappa shape index (κ3) is 4.99. The molecule has 3 aromatic rings. The topological polar surface area (TPSA) is 66.5 Å². The van der Waals surface area contributed by atoms with Gasteiger partial charge in [0.2, 0.25) is 5.91 Å². The molecule has 32 heavy (non-hydrogen) atoms. The van der Waals surface area contributed by atoms with Crippen LogP contribution in [0.25, 0.3) is 0 Å². The Bertz CT molecular complexity index is 1220. The standard InChI is InChI=1S/C25H27FN2O3S/c1-17(2)21-9-7-8-19(4)25(21)27-24(29)16-28(23-11-6-5-10-22(23)26)32(30,31)20-14-12-18(3)13-15-20/h5-15,17H,16H2,1-4H3,(H,27,29). The summed E-state index contributed by atoms with van der Waals surface area (Å²) in [6.45, 7) is 7.17. The fourth-order valence-corrected chi connectivity index (χ4v) is 4.87. The van der Waals surface area contributed by atoms with E-state index in [0.717, 1.165) is 21.0 Å². The Kier molecular flexibility index (Phi) is 6.99. The van der Waals surface area contributed by atoms with E-state index in [1.807, 2.05) is 45.9 Å². The number of carbonyl (C=O) groups is 1. The SMILES string of the molecule is Cc1ccc(S(=O)(=O)N(CC(=O)Nc2c(C)cccc2C(C)C)c2ccccc2F)cc1. The van der Waals surface area contributed by atoms with Gasteiger partial charge < -0.3 is 5.32 Å². The molecule has 0 radical (unpaired) electrons. The average molecular weight is 455 g/mol. The molecule has 1 N–H and O–H groups in total. The monoisotopic (exact) mass is 454 g/mol. The van der Waals surface area contributed by atoms with Gasteiger partial charge in [-0.15, -0.1) is 0 Å². The minimum atomic E-state index is -4.18. The molecule has 7 heteroatoms. The highest BCUT2D eigenvalue weighted by atomic mass is 32.2. The van der Waals surface area contributed by atoms with Crippen molar-refractivity contribution in [1.29, 1.82) is 0 Å². The second-order valence-electron chi connectivity index (χ2n) is 8.02. The first kappa shape index (κ1) is 23.5. The molecule has 0 spiro atoms. The number of anilines is 2. The number of benzene rings is 3. The summed E-state index contributed by atoms with van der Waals surface area (Å²) in [5, 5.41) is 2.85. The zero-order valence-corrected chi connectivity index (χ0v) is 19.4. The number of halogens is 1. The lowest BCUT2D eigenvalue weighted by Crippen LogP contribution is -2.39. The lowest BCUT2D eigenvalue weighted by atomic mass is 9.98. The average Bonchev–Trinajstić information content (AvgIpc) is 2.74. The van der Waals surface area contributed by atoms with Crippen molar-refractivity contribution < 1.29 is 17.6 Å². The summed E-state index contributed by atoms with van der Waals surface area (Å²) in [7, 11) is -4.18. The highest BCUT2D eigenvalue weighted by molar-refractivity contribution is 7.92. The van der Waals surface area contributed by atoms with Gasteiger partial charge in [-0.05, 0) is 55.2 Å². The van der Waals surface area contributed by atoms with Crippen LogP contribution in [0.15, 0.2) is 71.6 Å². The van der Waals surface area contributed by atoms with E-state index in [1.165, 1.54) is 36.4 Å². The third-order valence-corrected chi connectivity index (χ3v) is 6.98. The van der Waals surface area contributed by atoms with Gasteiger partial charge in [0.05, 0.1) is 10.6 Å². The Morgan fingerprint density at radius 1 is 0.969 bits per heavy atom. The van der Waals surface area contributed by atoms with Crippen molar-refractivity contribution in [3.8, 4) is 0 Å². The minimum Gasteiger partial charge on any atom is -0.324 e. The summed E-state index contributed by atoms with van der Waals surface area (Å²) in [4.78, 5) is 13.0. The number of para-hydroxylation sites is 2. The van der Waals surface area contributed by atoms with E-state index < -0.39 is 28.3 Å². The van der Waals surface area contributed by atoms with Crippen molar-refractivity contribution in [2.75, 3.05) is 16.2 Å². The number of rotatable bonds is 7. The number of aryl methyl sites for hydroxylation is 2. The molecule has 0 bridgehead atoms. The van der Waals surface area contributed by atoms with E-state index in [2.05, 4.69) is 5.32 Å². The van der Waals surface area contributed by atoms with Crippen molar-refractivity contribution in [1.82, 2.24) is 0 Å². The largest absolute Gasteiger partial charge is 0.324 e. The predicted molar refractivity (Wildman–Crippen MR) is 126 cm³/mol. The second-order valence-corrected chi connectivity index (χ2v) is 9.88. The summed E-state index contributed by atoms with van der Waals surface area (Å²) in [6.07, 6.45) is 0. The van der Waals surface area contributed by atoms with Crippen LogP contribution in [0.2, 0.25) is 0 Å². The third-order valence-electron chi connectivity index (χ3n) is 5.21. The number of sulfonamides is 1. The molecule has 0 heterocycles. The summed E-state index contributed by atoms with van der Waals surface area (Å²) < 4.78 is 42.2. The molecule has 1 amide bonds. The van der Waals surface area contributed by atoms with Gasteiger partial charge in [-0.3, -0.25) is 9.10 Å². The molecule has 0 aliphatic heterocycles. The Morgan fingerprint density at radius 3 is 2.25 bits per heavy atom. The number of hydrogen-bond acceptors (Lipinski definition) is 3. The van der Waals surface area contributed by atoms with E-state index in [1.54, 1.807) is 12.1 Å². The van der Waals surface area contributed by atoms with Crippen LogP contribution in [0.3, 0.4) is 0 Å². The van der Waals surface area contributed by atoms with Crippen molar-refractivity contribution >= 4 is 27.3 Å². The van der Waals surface area contributed by atoms with Crippen LogP contribution in [0.5, 0.6) is 0 Å². The first-order valence-corrected chi connectivity index (χ1v) is 11.8. The highest BCUT2D eigenvalue weighted by Gasteiger charge is 2.29. The summed E-state index contributed by atoms with van der Waals surface area (Å²) in [5.74, 6) is -1.13. The van der Waals surface area contributed by atoms with Crippen LogP contribution < -0.4 is 9.62 Å². The normalized spacial score (nSPS) is 11.4. The van der Waals surface area contributed by atoms with Gasteiger partial charge in [0, 0.05) is 5.69 Å². The first-order chi connectivity index (χ1) is 15.1. The van der Waals surface area contributed by atoms with Gasteiger partial charge in [0.15, 0.2) is 0 Å². The number of nitrogens with zero attached hydrogens (tertiary/aromatic N) is 1. The maximum atomic E-state index is 14.6. The van der Waals surface area contributed by atoms with Crippen LogP contribution in [0.1, 0.15) is 36.5 Å². The zero-order chi connectivity index (χ0) is 23.5. The van der Waals surface area contributed by atoms with Crippen LogP contribution in [0, 0.1) is 19.7 Å². The zero-order valence-electron chi connectivity index (χ0n) is 18.6. The van der Waals surface area contributed by atoms with Crippen LogP contribution >= 0.6 is 0 Å². The van der Waals surface area contributed by atoms with Gasteiger partial charge in [0.1, 0.15) is 12.4 Å². The van der Waals surface area contributed by atoms with Crippen molar-refractivity contribution in [3.63, 3.8) is 0 Å². The lowest BCUT2D eigenvalue weighted by molar-refractivity contribution is -0.114. The molecule has 0 fully saturated rings. The van der Waals surface area contributed by atoms with Crippen molar-refractivity contribution in [3.05, 3.63) is 89.2 Å². The fourth-order valence-electron chi connectivity index (χ4n) is 3.44. The number of nitrogens with one attached hydrogen (secondary N) is 1. The van der Waals surface area contributed by atoms with E-state index in [4.69, 9.17) is 0 Å². The lowest BCUT2D eigenvalue weighted by Gasteiger charge is -2.25. The molecule has 0 aliphatic rings. The predicted octanol–water partition coefficient (Wildman–Crippen LogP) is 5.40. The van der Waals surface area contributed by atoms with Gasteiger partial charge in [-0.2, -0.15) is 0 Å². The molecule has 0 saturated carbocycles. The number of amides is 1. The summed E-state index contributed by atoms with van der Waals surface area (Å²) in [5.41, 5.74) is 3.16. The maximum absolute atomic E-state index is 14.6. The van der Waals surface area contributed by atoms with Crippen molar-refractivity contribution in [2.24, 2.45) is 0 Å². The van der Waals surface area contributed by atoms with Crippen LogP contribution in [-0.2, 0) is 14.8 Å². The maximum Gasteiger partial charge on any atom is 0.264 e. The first-order valence-electron chi connectivity index (χ1n) is 10.3. The van der Waals surface area contributed by atoms with Gasteiger partial charge in [-0.25, -0.2) is 12.8 Å². The summed E-state index contributed by atoms with van der Waals surface area (Å²) >= 11 is 0. The molecule has 0 unspecified atom stereocenters. The molecular formula is C25H27FN2O3S. The molecule has 0 aliphatic carbocycles. The second kappa shape index (κ2) is 9.53. The van der Waals surface area contributed by atoms with Gasteiger partial charge >= 0.3 is 0 Å². The van der Waals surface area contributed by atoms with Crippen LogP contribution in [0.4, 0.5) is 15.8 Å². The molecule has 0 atom stereocenters. The van der Waals surface area contributed by atoms with Crippen LogP contribution in [-0.4, -0.2) is 20.9 Å². The van der Waals surface area contributed by atoms with E-state index in [0.29, 0.717) is 5.69 Å². The van der Waals surface area contributed by atoms with E-state index in [-0.39, 0.29) is 16.5 Å².